The Labute approximate surface area is 212 Å². The number of allylic oxidation sites excluding steroid dienone is 3. The zero-order valence-electron chi connectivity index (χ0n) is 21.8. The highest BCUT2D eigenvalue weighted by atomic mass is 16.5. The smallest absolute Gasteiger partial charge is 0.335 e. The van der Waals surface area contributed by atoms with Gasteiger partial charge in [0.25, 0.3) is 0 Å². The lowest BCUT2D eigenvalue weighted by molar-refractivity contribution is 0.0697. The highest BCUT2D eigenvalue weighted by Crippen LogP contribution is 2.28. The van der Waals surface area contributed by atoms with E-state index in [1.807, 2.05) is 25.1 Å². The van der Waals surface area contributed by atoms with Gasteiger partial charge >= 0.3 is 5.97 Å². The third-order valence-corrected chi connectivity index (χ3v) is 6.49. The Morgan fingerprint density at radius 3 is 2.23 bits per heavy atom. The summed E-state index contributed by atoms with van der Waals surface area (Å²) in [5, 5.41) is 9.20. The van der Waals surface area contributed by atoms with Gasteiger partial charge < -0.3 is 9.84 Å². The normalized spacial score (nSPS) is 12.1. The average molecular weight is 477 g/mol. The van der Waals surface area contributed by atoms with Crippen LogP contribution in [0.2, 0.25) is 0 Å². The molecule has 0 spiro atoms. The zero-order chi connectivity index (χ0) is 25.3. The molecule has 0 bridgehead atoms. The van der Waals surface area contributed by atoms with Gasteiger partial charge in [-0.1, -0.05) is 88.5 Å². The molecule has 0 amide bonds. The summed E-state index contributed by atoms with van der Waals surface area (Å²) in [4.78, 5) is 11.2. The van der Waals surface area contributed by atoms with E-state index in [0.717, 1.165) is 41.7 Å². The number of hydrogen-bond acceptors (Lipinski definition) is 2. The van der Waals surface area contributed by atoms with Crippen LogP contribution in [0, 0.1) is 6.92 Å². The molecule has 0 fully saturated rings. The average Bonchev–Trinajstić information content (AvgIpc) is 2.86. The van der Waals surface area contributed by atoms with E-state index < -0.39 is 5.97 Å². The van der Waals surface area contributed by atoms with Crippen molar-refractivity contribution in [2.24, 2.45) is 0 Å². The Morgan fingerprint density at radius 1 is 0.943 bits per heavy atom. The number of carboxylic acid groups (broad SMARTS) is 1. The number of hydrogen-bond donors (Lipinski definition) is 1. The van der Waals surface area contributed by atoms with Crippen LogP contribution in [-0.4, -0.2) is 17.2 Å². The molecule has 0 saturated heterocycles. The van der Waals surface area contributed by atoms with Crippen molar-refractivity contribution in [3.05, 3.63) is 78.4 Å². The molecule has 0 radical (unpaired) electrons. The maximum Gasteiger partial charge on any atom is 0.335 e. The topological polar surface area (TPSA) is 46.5 Å². The number of aromatic carboxylic acids is 1. The maximum absolute atomic E-state index is 11.2. The Morgan fingerprint density at radius 2 is 1.60 bits per heavy atom. The molecule has 2 aromatic carbocycles. The van der Waals surface area contributed by atoms with Crippen molar-refractivity contribution in [1.82, 2.24) is 0 Å². The van der Waals surface area contributed by atoms with Gasteiger partial charge in [-0.25, -0.2) is 4.79 Å². The van der Waals surface area contributed by atoms with Gasteiger partial charge in [-0.15, -0.1) is 0 Å². The molecule has 1 unspecified atom stereocenters. The number of rotatable bonds is 18. The Kier molecular flexibility index (Phi) is 13.6. The van der Waals surface area contributed by atoms with Crippen molar-refractivity contribution >= 4 is 5.97 Å². The van der Waals surface area contributed by atoms with E-state index in [-0.39, 0.29) is 6.10 Å². The van der Waals surface area contributed by atoms with Crippen LogP contribution >= 0.6 is 0 Å². The lowest BCUT2D eigenvalue weighted by Gasteiger charge is -2.20. The molecule has 0 aliphatic carbocycles. The second-order valence-electron chi connectivity index (χ2n) is 9.46. The van der Waals surface area contributed by atoms with Crippen LogP contribution in [0.4, 0.5) is 0 Å². The van der Waals surface area contributed by atoms with Crippen LogP contribution in [0.3, 0.4) is 0 Å². The first kappa shape index (κ1) is 28.4. The Balaban J connectivity index is 1.89. The molecule has 3 nitrogen and oxygen atoms in total. The summed E-state index contributed by atoms with van der Waals surface area (Å²) in [7, 11) is 0. The van der Waals surface area contributed by atoms with E-state index in [4.69, 9.17) is 4.74 Å². The fraction of sp³-hybridized carbons (Fsp3) is 0.469. The molecule has 0 aromatic heterocycles. The van der Waals surface area contributed by atoms with E-state index in [1.165, 1.54) is 57.8 Å². The van der Waals surface area contributed by atoms with Crippen molar-refractivity contribution in [3.63, 3.8) is 0 Å². The largest absolute Gasteiger partial charge is 0.490 e. The van der Waals surface area contributed by atoms with Crippen molar-refractivity contribution in [1.29, 1.82) is 0 Å². The van der Waals surface area contributed by atoms with Crippen LogP contribution in [0.15, 0.2) is 67.3 Å². The third kappa shape index (κ3) is 11.0. The molecule has 2 rings (SSSR count). The summed E-state index contributed by atoms with van der Waals surface area (Å²) in [6.07, 6.45) is 21.1. The summed E-state index contributed by atoms with van der Waals surface area (Å²) < 4.78 is 6.44. The van der Waals surface area contributed by atoms with Crippen molar-refractivity contribution in [2.75, 3.05) is 0 Å². The quantitative estimate of drug-likeness (QED) is 0.172. The monoisotopic (exact) mass is 476 g/mol. The van der Waals surface area contributed by atoms with Gasteiger partial charge in [-0.05, 0) is 86.4 Å². The summed E-state index contributed by atoms with van der Waals surface area (Å²) in [5.41, 5.74) is 3.41. The van der Waals surface area contributed by atoms with Crippen LogP contribution in [0.25, 0.3) is 11.1 Å². The number of aryl methyl sites for hydroxylation is 1. The number of carbonyl (C=O) groups is 1. The Bertz CT molecular complexity index is 911. The molecule has 1 atom stereocenters. The van der Waals surface area contributed by atoms with Gasteiger partial charge in [0.15, 0.2) is 0 Å². The van der Waals surface area contributed by atoms with Gasteiger partial charge in [0.2, 0.25) is 0 Å². The van der Waals surface area contributed by atoms with Crippen LogP contribution < -0.4 is 4.74 Å². The van der Waals surface area contributed by atoms with Gasteiger partial charge in [0.1, 0.15) is 5.75 Å². The third-order valence-electron chi connectivity index (χ3n) is 6.49. The molecule has 1 N–H and O–H groups in total. The van der Waals surface area contributed by atoms with Crippen LogP contribution in [0.1, 0.15) is 99.9 Å². The molecular formula is C32H44O3. The molecule has 190 valence electrons. The number of benzene rings is 2. The molecule has 0 aliphatic heterocycles. The van der Waals surface area contributed by atoms with Gasteiger partial charge in [0, 0.05) is 0 Å². The van der Waals surface area contributed by atoms with E-state index in [1.54, 1.807) is 12.1 Å². The van der Waals surface area contributed by atoms with Crippen molar-refractivity contribution in [2.45, 2.75) is 97.0 Å². The second-order valence-corrected chi connectivity index (χ2v) is 9.46. The van der Waals surface area contributed by atoms with Gasteiger partial charge in [-0.2, -0.15) is 0 Å². The van der Waals surface area contributed by atoms with Crippen LogP contribution in [-0.2, 0) is 0 Å². The predicted octanol–water partition coefficient (Wildman–Crippen LogP) is 9.55. The lowest BCUT2D eigenvalue weighted by atomic mass is 9.98. The SMILES string of the molecule is C=C/C=C\CCCCCCCC(CCCCCC)Oc1ccc(-c2ccc(C(=O)O)cc2C)cc1. The first-order valence-electron chi connectivity index (χ1n) is 13.4. The molecule has 0 aliphatic rings. The zero-order valence-corrected chi connectivity index (χ0v) is 21.8. The number of carboxylic acids is 1. The fourth-order valence-corrected chi connectivity index (χ4v) is 4.44. The van der Waals surface area contributed by atoms with E-state index >= 15 is 0 Å². The van der Waals surface area contributed by atoms with Gasteiger partial charge in [-0.3, -0.25) is 0 Å². The van der Waals surface area contributed by atoms with E-state index in [9.17, 15) is 9.90 Å². The summed E-state index contributed by atoms with van der Waals surface area (Å²) in [5.74, 6) is 0.0251. The minimum absolute atomic E-state index is 0.268. The highest BCUT2D eigenvalue weighted by Gasteiger charge is 2.12. The first-order chi connectivity index (χ1) is 17.0. The summed E-state index contributed by atoms with van der Waals surface area (Å²) in [6, 6.07) is 13.5. The Hall–Kier alpha value is -2.81. The van der Waals surface area contributed by atoms with Crippen molar-refractivity contribution < 1.29 is 14.6 Å². The second kappa shape index (κ2) is 16.8. The maximum atomic E-state index is 11.2. The van der Waals surface area contributed by atoms with E-state index in [2.05, 4.69) is 43.8 Å². The molecule has 0 saturated carbocycles. The minimum Gasteiger partial charge on any atom is -0.490 e. The number of ether oxygens (including phenoxy) is 1. The molecule has 0 heterocycles. The standard InChI is InChI=1S/C32H44O3/c1-4-6-8-10-11-12-13-14-16-18-29(17-15-9-7-5-2)35-30-22-19-27(20-23-30)31-24-21-28(32(33)34)25-26(31)3/h4,6,8,19-25,29H,1,5,7,9-18H2,2-3H3,(H,33,34)/b8-6-. The highest BCUT2D eigenvalue weighted by molar-refractivity contribution is 5.89. The number of unbranched alkanes of at least 4 members (excludes halogenated alkanes) is 8. The lowest BCUT2D eigenvalue weighted by Crippen LogP contribution is -2.16. The fourth-order valence-electron chi connectivity index (χ4n) is 4.44. The first-order valence-corrected chi connectivity index (χ1v) is 13.4. The minimum atomic E-state index is -0.894. The summed E-state index contributed by atoms with van der Waals surface area (Å²) in [6.45, 7) is 7.91. The summed E-state index contributed by atoms with van der Waals surface area (Å²) >= 11 is 0. The molecule has 2 aromatic rings. The molecular weight excluding hydrogens is 432 g/mol. The van der Waals surface area contributed by atoms with Gasteiger partial charge in [0.05, 0.1) is 11.7 Å². The molecule has 3 heteroatoms. The van der Waals surface area contributed by atoms with Crippen molar-refractivity contribution in [3.8, 4) is 16.9 Å². The van der Waals surface area contributed by atoms with Crippen LogP contribution in [0.5, 0.6) is 5.75 Å². The van der Waals surface area contributed by atoms with E-state index in [0.29, 0.717) is 5.56 Å². The predicted molar refractivity (Wildman–Crippen MR) is 148 cm³/mol. The molecule has 35 heavy (non-hydrogen) atoms.